The summed E-state index contributed by atoms with van der Waals surface area (Å²) in [5, 5.41) is 14.7. The van der Waals surface area contributed by atoms with Crippen molar-refractivity contribution in [3.63, 3.8) is 0 Å². The standard InChI is InChI=1S/C8H17N3/c1-2-7(10)8(11)5-3-4-6-9/h10-11H,2-6,9H2,1H3. The molecular weight excluding hydrogens is 138 g/mol. The van der Waals surface area contributed by atoms with Crippen molar-refractivity contribution in [2.45, 2.75) is 32.6 Å². The predicted molar refractivity (Wildman–Crippen MR) is 48.6 cm³/mol. The number of hydrogen-bond donors (Lipinski definition) is 3. The summed E-state index contributed by atoms with van der Waals surface area (Å²) in [5.74, 6) is 0. The van der Waals surface area contributed by atoms with Gasteiger partial charge in [-0.05, 0) is 32.2 Å². The molecule has 0 aromatic carbocycles. The highest BCUT2D eigenvalue weighted by Crippen LogP contribution is 1.98. The Bertz CT molecular complexity index is 140. The van der Waals surface area contributed by atoms with Gasteiger partial charge in [0.25, 0.3) is 0 Å². The van der Waals surface area contributed by atoms with Gasteiger partial charge in [0.1, 0.15) is 0 Å². The van der Waals surface area contributed by atoms with E-state index in [4.69, 9.17) is 16.6 Å². The Morgan fingerprint density at radius 3 is 2.27 bits per heavy atom. The molecule has 0 saturated carbocycles. The molecule has 0 amide bonds. The van der Waals surface area contributed by atoms with E-state index in [1.807, 2.05) is 6.92 Å². The van der Waals surface area contributed by atoms with E-state index in [1.54, 1.807) is 0 Å². The highest BCUT2D eigenvalue weighted by atomic mass is 14.5. The maximum absolute atomic E-state index is 7.41. The second-order valence-corrected chi connectivity index (χ2v) is 2.56. The van der Waals surface area contributed by atoms with E-state index in [0.717, 1.165) is 12.8 Å². The Morgan fingerprint density at radius 2 is 1.82 bits per heavy atom. The third-order valence-corrected chi connectivity index (χ3v) is 1.60. The van der Waals surface area contributed by atoms with Crippen LogP contribution < -0.4 is 5.73 Å². The highest BCUT2D eigenvalue weighted by Gasteiger charge is 2.00. The van der Waals surface area contributed by atoms with Gasteiger partial charge in [-0.15, -0.1) is 0 Å². The van der Waals surface area contributed by atoms with Gasteiger partial charge in [-0.1, -0.05) is 6.92 Å². The van der Waals surface area contributed by atoms with Crippen LogP contribution in [0.5, 0.6) is 0 Å². The summed E-state index contributed by atoms with van der Waals surface area (Å²) in [6, 6.07) is 0. The average molecular weight is 155 g/mol. The summed E-state index contributed by atoms with van der Waals surface area (Å²) < 4.78 is 0. The van der Waals surface area contributed by atoms with E-state index in [9.17, 15) is 0 Å². The molecule has 0 atom stereocenters. The Kier molecular flexibility index (Phi) is 5.65. The topological polar surface area (TPSA) is 73.7 Å². The number of nitrogens with one attached hydrogen (secondary N) is 2. The van der Waals surface area contributed by atoms with E-state index in [1.165, 1.54) is 0 Å². The summed E-state index contributed by atoms with van der Waals surface area (Å²) in [7, 11) is 0. The molecule has 4 N–H and O–H groups in total. The van der Waals surface area contributed by atoms with Crippen LogP contribution in [0.25, 0.3) is 0 Å². The number of unbranched alkanes of at least 4 members (excludes halogenated alkanes) is 1. The molecule has 64 valence electrons. The van der Waals surface area contributed by atoms with Gasteiger partial charge in [-0.3, -0.25) is 0 Å². The summed E-state index contributed by atoms with van der Waals surface area (Å²) in [5.41, 5.74) is 6.23. The number of nitrogens with two attached hydrogens (primary N) is 1. The van der Waals surface area contributed by atoms with Crippen LogP contribution in [-0.2, 0) is 0 Å². The Hall–Kier alpha value is -0.700. The summed E-state index contributed by atoms with van der Waals surface area (Å²) in [6.07, 6.45) is 3.28. The van der Waals surface area contributed by atoms with Crippen molar-refractivity contribution in [2.24, 2.45) is 5.73 Å². The molecule has 0 rings (SSSR count). The summed E-state index contributed by atoms with van der Waals surface area (Å²) >= 11 is 0. The maximum Gasteiger partial charge on any atom is 0.0521 e. The first-order valence-electron chi connectivity index (χ1n) is 4.07. The smallest absolute Gasteiger partial charge is 0.0521 e. The van der Waals surface area contributed by atoms with E-state index >= 15 is 0 Å². The molecule has 0 aromatic rings. The van der Waals surface area contributed by atoms with Gasteiger partial charge in [-0.2, -0.15) is 0 Å². The molecule has 0 fully saturated rings. The van der Waals surface area contributed by atoms with Gasteiger partial charge >= 0.3 is 0 Å². The lowest BCUT2D eigenvalue weighted by atomic mass is 10.1. The molecule has 0 bridgehead atoms. The van der Waals surface area contributed by atoms with Gasteiger partial charge in [0, 0.05) is 0 Å². The van der Waals surface area contributed by atoms with Gasteiger partial charge in [0.05, 0.1) is 11.4 Å². The van der Waals surface area contributed by atoms with Crippen LogP contribution in [0, 0.1) is 10.8 Å². The largest absolute Gasteiger partial charge is 0.330 e. The number of rotatable bonds is 6. The average Bonchev–Trinajstić information content (AvgIpc) is 2.03. The van der Waals surface area contributed by atoms with Crippen molar-refractivity contribution < 1.29 is 0 Å². The second kappa shape index (κ2) is 6.04. The maximum atomic E-state index is 7.41. The Balaban J connectivity index is 3.44. The van der Waals surface area contributed by atoms with Crippen molar-refractivity contribution >= 4 is 11.4 Å². The minimum Gasteiger partial charge on any atom is -0.330 e. The Morgan fingerprint density at radius 1 is 1.18 bits per heavy atom. The lowest BCUT2D eigenvalue weighted by Crippen LogP contribution is -2.10. The van der Waals surface area contributed by atoms with E-state index in [0.29, 0.717) is 30.8 Å². The van der Waals surface area contributed by atoms with Crippen molar-refractivity contribution in [1.29, 1.82) is 10.8 Å². The lowest BCUT2D eigenvalue weighted by molar-refractivity contribution is 0.773. The SMILES string of the molecule is CCC(=N)C(=N)CCCCN. The first kappa shape index (κ1) is 10.3. The molecule has 11 heavy (non-hydrogen) atoms. The molecule has 3 nitrogen and oxygen atoms in total. The molecule has 0 heterocycles. The molecule has 3 heteroatoms. The van der Waals surface area contributed by atoms with E-state index in [-0.39, 0.29) is 0 Å². The Labute approximate surface area is 68.0 Å². The van der Waals surface area contributed by atoms with Crippen molar-refractivity contribution in [3.8, 4) is 0 Å². The van der Waals surface area contributed by atoms with Crippen LogP contribution in [0.15, 0.2) is 0 Å². The minimum atomic E-state index is 0.460. The zero-order valence-electron chi connectivity index (χ0n) is 7.11. The molecule has 0 aliphatic rings. The highest BCUT2D eigenvalue weighted by molar-refractivity contribution is 6.39. The zero-order valence-corrected chi connectivity index (χ0v) is 7.11. The van der Waals surface area contributed by atoms with Crippen LogP contribution in [0.4, 0.5) is 0 Å². The van der Waals surface area contributed by atoms with E-state index in [2.05, 4.69) is 0 Å². The fourth-order valence-electron chi connectivity index (χ4n) is 0.810. The van der Waals surface area contributed by atoms with Gasteiger partial charge < -0.3 is 16.6 Å². The molecule has 0 aliphatic heterocycles. The third kappa shape index (κ3) is 4.67. The first-order chi connectivity index (χ1) is 5.22. The van der Waals surface area contributed by atoms with Crippen LogP contribution >= 0.6 is 0 Å². The van der Waals surface area contributed by atoms with Crippen LogP contribution in [-0.4, -0.2) is 18.0 Å². The van der Waals surface area contributed by atoms with Gasteiger partial charge in [0.15, 0.2) is 0 Å². The van der Waals surface area contributed by atoms with Crippen LogP contribution in [0.1, 0.15) is 32.6 Å². The molecule has 0 aliphatic carbocycles. The molecule has 0 spiro atoms. The predicted octanol–water partition coefficient (Wildman–Crippen LogP) is 1.56. The second-order valence-electron chi connectivity index (χ2n) is 2.56. The van der Waals surface area contributed by atoms with Crippen LogP contribution in [0.3, 0.4) is 0 Å². The first-order valence-corrected chi connectivity index (χ1v) is 4.07. The van der Waals surface area contributed by atoms with Crippen LogP contribution in [0.2, 0.25) is 0 Å². The van der Waals surface area contributed by atoms with Crippen molar-refractivity contribution in [2.75, 3.05) is 6.54 Å². The minimum absolute atomic E-state index is 0.460. The summed E-state index contributed by atoms with van der Waals surface area (Å²) in [4.78, 5) is 0. The van der Waals surface area contributed by atoms with E-state index < -0.39 is 0 Å². The fraction of sp³-hybridized carbons (Fsp3) is 0.750. The van der Waals surface area contributed by atoms with Crippen molar-refractivity contribution in [1.82, 2.24) is 0 Å². The molecule has 0 aromatic heterocycles. The molecule has 0 saturated heterocycles. The molecule has 0 unspecified atom stereocenters. The molecule has 0 radical (unpaired) electrons. The fourth-order valence-corrected chi connectivity index (χ4v) is 0.810. The van der Waals surface area contributed by atoms with Gasteiger partial charge in [0.2, 0.25) is 0 Å². The monoisotopic (exact) mass is 155 g/mol. The van der Waals surface area contributed by atoms with Gasteiger partial charge in [-0.25, -0.2) is 0 Å². The zero-order chi connectivity index (χ0) is 8.69. The normalized spacial score (nSPS) is 9.64. The number of hydrogen-bond acceptors (Lipinski definition) is 3. The third-order valence-electron chi connectivity index (χ3n) is 1.60. The lowest BCUT2D eigenvalue weighted by Gasteiger charge is -2.01. The van der Waals surface area contributed by atoms with Crippen molar-refractivity contribution in [3.05, 3.63) is 0 Å². The quantitative estimate of drug-likeness (QED) is 0.395. The molecular formula is C8H17N3. The summed E-state index contributed by atoms with van der Waals surface area (Å²) in [6.45, 7) is 2.59.